The fourth-order valence-electron chi connectivity index (χ4n) is 2.79. The van der Waals surface area contributed by atoms with Crippen molar-refractivity contribution in [2.45, 2.75) is 18.3 Å². The van der Waals surface area contributed by atoms with Crippen LogP contribution >= 0.6 is 24.0 Å². The molecular weight excluding hydrogens is 259 g/mol. The Morgan fingerprint density at radius 1 is 1.35 bits per heavy atom. The van der Waals surface area contributed by atoms with Gasteiger partial charge in [0.15, 0.2) is 0 Å². The molecule has 1 unspecified atom stereocenters. The first kappa shape index (κ1) is 12.7. The van der Waals surface area contributed by atoms with Gasteiger partial charge in [-0.15, -0.1) is 12.4 Å². The van der Waals surface area contributed by atoms with Gasteiger partial charge >= 0.3 is 0 Å². The number of halogens is 2. The number of hydrogen-bond donors (Lipinski definition) is 2. The molecule has 3 rings (SSSR count). The van der Waals surface area contributed by atoms with Crippen LogP contribution in [0.25, 0.3) is 0 Å². The van der Waals surface area contributed by atoms with E-state index in [-0.39, 0.29) is 23.7 Å². The molecule has 0 radical (unpaired) electrons. The number of amides is 1. The number of anilines is 1. The van der Waals surface area contributed by atoms with E-state index in [0.29, 0.717) is 6.42 Å². The molecule has 2 heterocycles. The molecule has 17 heavy (non-hydrogen) atoms. The van der Waals surface area contributed by atoms with Gasteiger partial charge in [-0.2, -0.15) is 0 Å². The largest absolute Gasteiger partial charge is 0.326 e. The van der Waals surface area contributed by atoms with Crippen molar-refractivity contribution in [3.05, 3.63) is 28.8 Å². The average molecular weight is 273 g/mol. The van der Waals surface area contributed by atoms with E-state index in [9.17, 15) is 4.79 Å². The predicted octanol–water partition coefficient (Wildman–Crippen LogP) is 2.34. The highest BCUT2D eigenvalue weighted by atomic mass is 35.5. The maximum Gasteiger partial charge on any atom is 0.225 e. The maximum absolute atomic E-state index is 11.7. The summed E-state index contributed by atoms with van der Waals surface area (Å²) in [5, 5.41) is 6.99. The Hall–Kier alpha value is -0.770. The number of nitrogens with one attached hydrogen (secondary N) is 2. The van der Waals surface area contributed by atoms with Gasteiger partial charge < -0.3 is 10.6 Å². The molecule has 92 valence electrons. The summed E-state index contributed by atoms with van der Waals surface area (Å²) in [5.41, 5.74) is 2.07. The molecule has 0 saturated carbocycles. The third-order valence-corrected chi connectivity index (χ3v) is 3.80. The summed E-state index contributed by atoms with van der Waals surface area (Å²) >= 11 is 6.04. The molecule has 1 aromatic rings. The molecule has 1 amide bonds. The number of benzene rings is 1. The molecule has 2 aliphatic heterocycles. The molecule has 1 saturated heterocycles. The van der Waals surface area contributed by atoms with Crippen LogP contribution in [0, 0.1) is 0 Å². The van der Waals surface area contributed by atoms with Crippen molar-refractivity contribution in [1.82, 2.24) is 5.32 Å². The van der Waals surface area contributed by atoms with Crippen LogP contribution in [0.3, 0.4) is 0 Å². The second-order valence-corrected chi connectivity index (χ2v) is 5.06. The smallest absolute Gasteiger partial charge is 0.225 e. The summed E-state index contributed by atoms with van der Waals surface area (Å²) in [5.74, 6) is 0.110. The van der Waals surface area contributed by atoms with E-state index in [2.05, 4.69) is 10.6 Å². The first-order chi connectivity index (χ1) is 7.70. The van der Waals surface area contributed by atoms with Crippen molar-refractivity contribution in [2.75, 3.05) is 18.4 Å². The van der Waals surface area contributed by atoms with Crippen LogP contribution in [0.5, 0.6) is 0 Å². The quantitative estimate of drug-likeness (QED) is 0.761. The fourth-order valence-corrected chi connectivity index (χ4v) is 2.96. The minimum absolute atomic E-state index is 0. The molecule has 2 N–H and O–H groups in total. The van der Waals surface area contributed by atoms with E-state index in [4.69, 9.17) is 11.6 Å². The van der Waals surface area contributed by atoms with Crippen LogP contribution in [-0.4, -0.2) is 19.0 Å². The molecular formula is C12H14Cl2N2O. The minimum atomic E-state index is -0.0391. The Bertz CT molecular complexity index is 456. The fraction of sp³-hybridized carbons (Fsp3) is 0.417. The first-order valence-corrected chi connectivity index (χ1v) is 5.88. The van der Waals surface area contributed by atoms with Crippen LogP contribution in [0.4, 0.5) is 5.69 Å². The Labute approximate surface area is 111 Å². The summed E-state index contributed by atoms with van der Waals surface area (Å²) in [6, 6.07) is 5.71. The minimum Gasteiger partial charge on any atom is -0.326 e. The summed E-state index contributed by atoms with van der Waals surface area (Å²) in [4.78, 5) is 11.7. The monoisotopic (exact) mass is 272 g/mol. The molecule has 1 fully saturated rings. The van der Waals surface area contributed by atoms with Crippen LogP contribution < -0.4 is 10.6 Å². The van der Waals surface area contributed by atoms with E-state index in [1.165, 1.54) is 5.56 Å². The van der Waals surface area contributed by atoms with Gasteiger partial charge in [0, 0.05) is 29.1 Å². The molecule has 1 aromatic carbocycles. The third-order valence-electron chi connectivity index (χ3n) is 3.57. The van der Waals surface area contributed by atoms with Crippen molar-refractivity contribution in [3.8, 4) is 0 Å². The summed E-state index contributed by atoms with van der Waals surface area (Å²) < 4.78 is 0. The van der Waals surface area contributed by atoms with Crippen molar-refractivity contribution in [2.24, 2.45) is 0 Å². The zero-order valence-electron chi connectivity index (χ0n) is 9.25. The first-order valence-electron chi connectivity index (χ1n) is 5.50. The Morgan fingerprint density at radius 3 is 2.88 bits per heavy atom. The SMILES string of the molecule is Cl.O=C1CC2(CCNC2)c2cc(Cl)ccc2N1. The molecule has 1 spiro atoms. The second-order valence-electron chi connectivity index (χ2n) is 4.62. The average Bonchev–Trinajstić information content (AvgIpc) is 2.69. The maximum atomic E-state index is 11.7. The van der Waals surface area contributed by atoms with Gasteiger partial charge in [0.05, 0.1) is 0 Å². The van der Waals surface area contributed by atoms with Gasteiger partial charge in [-0.1, -0.05) is 11.6 Å². The summed E-state index contributed by atoms with van der Waals surface area (Å²) in [7, 11) is 0. The van der Waals surface area contributed by atoms with Crippen molar-refractivity contribution < 1.29 is 4.79 Å². The lowest BCUT2D eigenvalue weighted by Crippen LogP contribution is -2.38. The highest BCUT2D eigenvalue weighted by molar-refractivity contribution is 6.30. The Balaban J connectivity index is 0.00000108. The highest BCUT2D eigenvalue weighted by Gasteiger charge is 2.42. The zero-order chi connectivity index (χ0) is 11.2. The molecule has 2 aliphatic rings. The topological polar surface area (TPSA) is 41.1 Å². The molecule has 0 bridgehead atoms. The molecule has 0 aromatic heterocycles. The lowest BCUT2D eigenvalue weighted by molar-refractivity contribution is -0.117. The number of carbonyl (C=O) groups is 1. The van der Waals surface area contributed by atoms with Crippen molar-refractivity contribution in [1.29, 1.82) is 0 Å². The number of fused-ring (bicyclic) bond motifs is 2. The van der Waals surface area contributed by atoms with E-state index < -0.39 is 0 Å². The van der Waals surface area contributed by atoms with Crippen LogP contribution in [0.2, 0.25) is 5.02 Å². The lowest BCUT2D eigenvalue weighted by atomic mass is 9.74. The highest BCUT2D eigenvalue weighted by Crippen LogP contribution is 2.42. The lowest BCUT2D eigenvalue weighted by Gasteiger charge is -2.34. The Kier molecular flexibility index (Phi) is 3.34. The van der Waals surface area contributed by atoms with Gasteiger partial charge in [-0.05, 0) is 36.7 Å². The van der Waals surface area contributed by atoms with Gasteiger partial charge in [-0.3, -0.25) is 4.79 Å². The predicted molar refractivity (Wildman–Crippen MR) is 71.1 cm³/mol. The summed E-state index contributed by atoms with van der Waals surface area (Å²) in [6.45, 7) is 1.84. The third kappa shape index (κ3) is 2.03. The van der Waals surface area contributed by atoms with Gasteiger partial charge in [0.1, 0.15) is 0 Å². The van der Waals surface area contributed by atoms with Crippen LogP contribution in [0.1, 0.15) is 18.4 Å². The van der Waals surface area contributed by atoms with Crippen molar-refractivity contribution >= 4 is 35.6 Å². The van der Waals surface area contributed by atoms with Crippen LogP contribution in [0.15, 0.2) is 18.2 Å². The Morgan fingerprint density at radius 2 is 2.18 bits per heavy atom. The normalized spacial score (nSPS) is 26.3. The molecule has 3 nitrogen and oxygen atoms in total. The molecule has 0 aliphatic carbocycles. The van der Waals surface area contributed by atoms with E-state index in [1.807, 2.05) is 18.2 Å². The van der Waals surface area contributed by atoms with Gasteiger partial charge in [0.2, 0.25) is 5.91 Å². The van der Waals surface area contributed by atoms with E-state index >= 15 is 0 Å². The zero-order valence-corrected chi connectivity index (χ0v) is 10.8. The second kappa shape index (κ2) is 4.48. The van der Waals surface area contributed by atoms with E-state index in [0.717, 1.165) is 30.2 Å². The number of rotatable bonds is 0. The van der Waals surface area contributed by atoms with Crippen LogP contribution in [-0.2, 0) is 10.2 Å². The van der Waals surface area contributed by atoms with E-state index in [1.54, 1.807) is 0 Å². The standard InChI is InChI=1S/C12H13ClN2O.ClH/c13-8-1-2-10-9(5-8)12(3-4-14-7-12)6-11(16)15-10;/h1-2,5,14H,3-4,6-7H2,(H,15,16);1H. The molecule has 1 atom stereocenters. The van der Waals surface area contributed by atoms with Gasteiger partial charge in [-0.25, -0.2) is 0 Å². The summed E-state index contributed by atoms with van der Waals surface area (Å²) in [6.07, 6.45) is 1.57. The number of hydrogen-bond acceptors (Lipinski definition) is 2. The van der Waals surface area contributed by atoms with Gasteiger partial charge in [0.25, 0.3) is 0 Å². The van der Waals surface area contributed by atoms with Crippen molar-refractivity contribution in [3.63, 3.8) is 0 Å². The number of carbonyl (C=O) groups excluding carboxylic acids is 1. The molecule has 5 heteroatoms.